The zero-order valence-corrected chi connectivity index (χ0v) is 13.5. The van der Waals surface area contributed by atoms with Crippen molar-refractivity contribution in [3.8, 4) is 0 Å². The third-order valence-electron chi connectivity index (χ3n) is 5.92. The van der Waals surface area contributed by atoms with Gasteiger partial charge in [-0.1, -0.05) is 19.3 Å². The van der Waals surface area contributed by atoms with Crippen LogP contribution in [0, 0.1) is 12.8 Å². The number of nitrogens with zero attached hydrogens (tertiary/aromatic N) is 4. The van der Waals surface area contributed by atoms with Crippen molar-refractivity contribution >= 4 is 5.91 Å². The third-order valence-corrected chi connectivity index (χ3v) is 5.92. The van der Waals surface area contributed by atoms with Gasteiger partial charge in [0.05, 0.1) is 6.04 Å². The molecular weight excluding hydrogens is 276 g/mol. The lowest BCUT2D eigenvalue weighted by atomic mass is 9.86. The maximum Gasteiger partial charge on any atom is 0.223 e. The number of carbonyl (C=O) groups is 1. The maximum absolute atomic E-state index is 12.9. The predicted molar refractivity (Wildman–Crippen MR) is 83.3 cm³/mol. The molecule has 5 nitrogen and oxygen atoms in total. The van der Waals surface area contributed by atoms with E-state index in [1.165, 1.54) is 32.1 Å². The van der Waals surface area contributed by atoms with E-state index in [9.17, 15) is 4.79 Å². The Bertz CT molecular complexity index is 561. The van der Waals surface area contributed by atoms with Crippen molar-refractivity contribution in [2.75, 3.05) is 0 Å². The standard InChI is InChI=1S/C17H26N4O/c1-12-18-19-16-10-14-7-8-15(11-20(12)16)21(14)17(22)9-13-5-3-2-4-6-13/h13-15H,2-11H2,1H3/t14-,15+/m0/s1. The van der Waals surface area contributed by atoms with E-state index in [1.54, 1.807) is 0 Å². The first kappa shape index (κ1) is 14.2. The van der Waals surface area contributed by atoms with Gasteiger partial charge in [0.25, 0.3) is 0 Å². The molecule has 2 bridgehead atoms. The molecule has 3 heterocycles. The molecule has 0 radical (unpaired) electrons. The Morgan fingerprint density at radius 3 is 2.68 bits per heavy atom. The minimum atomic E-state index is 0.353. The molecule has 22 heavy (non-hydrogen) atoms. The summed E-state index contributed by atoms with van der Waals surface area (Å²) in [6, 6.07) is 0.711. The van der Waals surface area contributed by atoms with E-state index >= 15 is 0 Å². The lowest BCUT2D eigenvalue weighted by Gasteiger charge is -2.30. The van der Waals surface area contributed by atoms with Gasteiger partial charge in [0.15, 0.2) is 0 Å². The molecule has 5 heteroatoms. The highest BCUT2D eigenvalue weighted by molar-refractivity contribution is 5.77. The summed E-state index contributed by atoms with van der Waals surface area (Å²) in [6.45, 7) is 2.91. The highest BCUT2D eigenvalue weighted by Crippen LogP contribution is 2.34. The molecule has 1 aromatic rings. The molecule has 1 aliphatic carbocycles. The summed E-state index contributed by atoms with van der Waals surface area (Å²) < 4.78 is 2.23. The minimum Gasteiger partial charge on any atom is -0.334 e. The molecule has 3 aliphatic rings. The zero-order valence-electron chi connectivity index (χ0n) is 13.5. The van der Waals surface area contributed by atoms with E-state index in [0.29, 0.717) is 23.9 Å². The highest BCUT2D eigenvalue weighted by atomic mass is 16.2. The van der Waals surface area contributed by atoms with Crippen LogP contribution in [0.4, 0.5) is 0 Å². The molecule has 0 unspecified atom stereocenters. The van der Waals surface area contributed by atoms with Crippen LogP contribution in [0.15, 0.2) is 0 Å². The number of carbonyl (C=O) groups excluding carboxylic acids is 1. The summed E-state index contributed by atoms with van der Waals surface area (Å²) in [5, 5.41) is 8.53. The van der Waals surface area contributed by atoms with Crippen LogP contribution in [0.1, 0.15) is 63.0 Å². The average molecular weight is 302 g/mol. The Morgan fingerprint density at radius 2 is 1.86 bits per heavy atom. The fourth-order valence-corrected chi connectivity index (χ4v) is 4.73. The van der Waals surface area contributed by atoms with Crippen LogP contribution >= 0.6 is 0 Å². The molecule has 0 spiro atoms. The predicted octanol–water partition coefficient (Wildman–Crippen LogP) is 2.47. The fraction of sp³-hybridized carbons (Fsp3) is 0.824. The first-order chi connectivity index (χ1) is 10.7. The molecule has 2 atom stereocenters. The van der Waals surface area contributed by atoms with Crippen LogP contribution in [0.3, 0.4) is 0 Å². The van der Waals surface area contributed by atoms with Gasteiger partial charge >= 0.3 is 0 Å². The van der Waals surface area contributed by atoms with E-state index in [1.807, 2.05) is 6.92 Å². The van der Waals surface area contributed by atoms with Gasteiger partial charge in [0.1, 0.15) is 11.6 Å². The number of amides is 1. The van der Waals surface area contributed by atoms with Crippen LogP contribution in [-0.2, 0) is 17.8 Å². The SMILES string of the molecule is Cc1nnc2n1C[C@H]1CC[C@@H](C2)N1C(=O)CC1CCCCC1. The summed E-state index contributed by atoms with van der Waals surface area (Å²) in [4.78, 5) is 15.1. The second kappa shape index (κ2) is 5.67. The smallest absolute Gasteiger partial charge is 0.223 e. The van der Waals surface area contributed by atoms with Gasteiger partial charge in [-0.2, -0.15) is 0 Å². The number of aromatic nitrogens is 3. The Hall–Kier alpha value is -1.39. The van der Waals surface area contributed by atoms with Crippen molar-refractivity contribution in [1.82, 2.24) is 19.7 Å². The van der Waals surface area contributed by atoms with Crippen molar-refractivity contribution < 1.29 is 4.79 Å². The summed E-state index contributed by atoms with van der Waals surface area (Å²) >= 11 is 0. The van der Waals surface area contributed by atoms with Gasteiger partial charge in [-0.05, 0) is 38.5 Å². The minimum absolute atomic E-state index is 0.353. The summed E-state index contributed by atoms with van der Waals surface area (Å²) in [5.74, 6) is 3.09. The number of aryl methyl sites for hydroxylation is 1. The van der Waals surface area contributed by atoms with Crippen LogP contribution in [0.25, 0.3) is 0 Å². The molecule has 2 aliphatic heterocycles. The van der Waals surface area contributed by atoms with E-state index in [2.05, 4.69) is 19.7 Å². The maximum atomic E-state index is 12.9. The third kappa shape index (κ3) is 2.44. The van der Waals surface area contributed by atoms with Gasteiger partial charge in [-0.25, -0.2) is 0 Å². The molecule has 1 saturated heterocycles. The van der Waals surface area contributed by atoms with Crippen molar-refractivity contribution in [1.29, 1.82) is 0 Å². The molecule has 4 rings (SSSR count). The lowest BCUT2D eigenvalue weighted by molar-refractivity contribution is -0.135. The lowest BCUT2D eigenvalue weighted by Crippen LogP contribution is -2.42. The van der Waals surface area contributed by atoms with Crippen LogP contribution in [0.5, 0.6) is 0 Å². The van der Waals surface area contributed by atoms with Gasteiger partial charge in [-0.15, -0.1) is 10.2 Å². The Kier molecular flexibility index (Phi) is 3.66. The Labute approximate surface area is 132 Å². The van der Waals surface area contributed by atoms with Crippen LogP contribution < -0.4 is 0 Å². The molecule has 1 saturated carbocycles. The second-order valence-electron chi connectivity index (χ2n) is 7.37. The largest absolute Gasteiger partial charge is 0.334 e. The molecule has 0 N–H and O–H groups in total. The van der Waals surface area contributed by atoms with Gasteiger partial charge in [0.2, 0.25) is 5.91 Å². The topological polar surface area (TPSA) is 51.0 Å². The second-order valence-corrected chi connectivity index (χ2v) is 7.37. The first-order valence-electron chi connectivity index (χ1n) is 8.92. The number of hydrogen-bond donors (Lipinski definition) is 0. The monoisotopic (exact) mass is 302 g/mol. The molecule has 120 valence electrons. The molecule has 1 aromatic heterocycles. The van der Waals surface area contributed by atoms with Crippen molar-refractivity contribution in [2.24, 2.45) is 5.92 Å². The molecular formula is C17H26N4O. The zero-order chi connectivity index (χ0) is 15.1. The highest BCUT2D eigenvalue weighted by Gasteiger charge is 2.41. The summed E-state index contributed by atoms with van der Waals surface area (Å²) in [5.41, 5.74) is 0. The van der Waals surface area contributed by atoms with Crippen molar-refractivity contribution in [2.45, 2.75) is 83.3 Å². The average Bonchev–Trinajstić information content (AvgIpc) is 3.00. The first-order valence-corrected chi connectivity index (χ1v) is 8.92. The van der Waals surface area contributed by atoms with E-state index in [-0.39, 0.29) is 0 Å². The summed E-state index contributed by atoms with van der Waals surface area (Å²) in [6.07, 6.45) is 10.4. The van der Waals surface area contributed by atoms with Crippen molar-refractivity contribution in [3.05, 3.63) is 11.6 Å². The van der Waals surface area contributed by atoms with Gasteiger partial charge < -0.3 is 9.47 Å². The van der Waals surface area contributed by atoms with Crippen LogP contribution in [-0.4, -0.2) is 37.7 Å². The fourth-order valence-electron chi connectivity index (χ4n) is 4.73. The quantitative estimate of drug-likeness (QED) is 0.843. The van der Waals surface area contributed by atoms with E-state index in [0.717, 1.165) is 43.9 Å². The van der Waals surface area contributed by atoms with Crippen molar-refractivity contribution in [3.63, 3.8) is 0 Å². The van der Waals surface area contributed by atoms with E-state index in [4.69, 9.17) is 0 Å². The number of fused-ring (bicyclic) bond motifs is 3. The summed E-state index contributed by atoms with van der Waals surface area (Å²) in [7, 11) is 0. The number of hydrogen-bond acceptors (Lipinski definition) is 3. The molecule has 1 amide bonds. The van der Waals surface area contributed by atoms with Gasteiger partial charge in [-0.3, -0.25) is 4.79 Å². The van der Waals surface area contributed by atoms with Gasteiger partial charge in [0, 0.05) is 25.4 Å². The number of rotatable bonds is 2. The van der Waals surface area contributed by atoms with Crippen LogP contribution in [0.2, 0.25) is 0 Å². The van der Waals surface area contributed by atoms with E-state index < -0.39 is 0 Å². The Morgan fingerprint density at radius 1 is 1.09 bits per heavy atom. The Balaban J connectivity index is 1.49. The molecule has 2 fully saturated rings. The normalized spacial score (nSPS) is 28.5. The molecule has 0 aromatic carbocycles.